The number of sulfonamides is 1. The number of benzene rings is 3. The van der Waals surface area contributed by atoms with Gasteiger partial charge in [0, 0.05) is 31.1 Å². The van der Waals surface area contributed by atoms with Gasteiger partial charge in [0.25, 0.3) is 15.9 Å². The quantitative estimate of drug-likeness (QED) is 0.331. The Morgan fingerprint density at radius 3 is 2.18 bits per heavy atom. The van der Waals surface area contributed by atoms with Gasteiger partial charge in [-0.3, -0.25) is 13.9 Å². The summed E-state index contributed by atoms with van der Waals surface area (Å²) >= 11 is 0. The third-order valence-corrected chi connectivity index (χ3v) is 10.3. The van der Waals surface area contributed by atoms with Crippen LogP contribution in [-0.2, 0) is 26.4 Å². The SMILES string of the molecule is CC(=O)N1CCC2(CC1)c1cc(NC(=O)c3cccc(F)c3C(F)(F)F)ccc1N(S(=O)(=O)c1ccc(F)cc1)C2C(C)C. The summed E-state index contributed by atoms with van der Waals surface area (Å²) in [6, 6.07) is 10.7. The van der Waals surface area contributed by atoms with Gasteiger partial charge in [0.05, 0.1) is 22.2 Å². The highest BCUT2D eigenvalue weighted by atomic mass is 32.2. The Morgan fingerprint density at radius 2 is 1.61 bits per heavy atom. The van der Waals surface area contributed by atoms with Crippen LogP contribution in [0.2, 0.25) is 0 Å². The topological polar surface area (TPSA) is 86.8 Å². The van der Waals surface area contributed by atoms with Crippen LogP contribution in [0.25, 0.3) is 0 Å². The number of nitrogens with one attached hydrogen (secondary N) is 1. The highest BCUT2D eigenvalue weighted by molar-refractivity contribution is 7.92. The van der Waals surface area contributed by atoms with E-state index in [9.17, 15) is 40.0 Å². The highest BCUT2D eigenvalue weighted by Crippen LogP contribution is 2.55. The number of anilines is 2. The molecule has 1 fully saturated rings. The van der Waals surface area contributed by atoms with Crippen LogP contribution >= 0.6 is 0 Å². The molecule has 1 unspecified atom stereocenters. The van der Waals surface area contributed by atoms with E-state index in [4.69, 9.17) is 0 Å². The van der Waals surface area contributed by atoms with E-state index in [-0.39, 0.29) is 22.4 Å². The van der Waals surface area contributed by atoms with Crippen LogP contribution in [0.1, 0.15) is 55.1 Å². The number of amides is 2. The Morgan fingerprint density at radius 1 is 0.977 bits per heavy atom. The van der Waals surface area contributed by atoms with Gasteiger partial charge in [-0.05, 0) is 78.9 Å². The van der Waals surface area contributed by atoms with Gasteiger partial charge in [0.2, 0.25) is 5.91 Å². The zero-order valence-electron chi connectivity index (χ0n) is 24.1. The molecule has 3 aromatic rings. The van der Waals surface area contributed by atoms with Gasteiger partial charge < -0.3 is 10.2 Å². The third-order valence-electron chi connectivity index (χ3n) is 8.49. The number of fused-ring (bicyclic) bond motifs is 2. The van der Waals surface area contributed by atoms with Gasteiger partial charge in [-0.15, -0.1) is 0 Å². The first kappa shape index (κ1) is 31.4. The number of alkyl halides is 3. The Balaban J connectivity index is 1.63. The summed E-state index contributed by atoms with van der Waals surface area (Å²) in [6.07, 6.45) is -4.38. The van der Waals surface area contributed by atoms with Gasteiger partial charge in [-0.1, -0.05) is 19.9 Å². The summed E-state index contributed by atoms with van der Waals surface area (Å²) in [5.41, 5.74) is -2.49. The molecule has 5 rings (SSSR count). The van der Waals surface area contributed by atoms with Crippen molar-refractivity contribution in [2.24, 2.45) is 5.92 Å². The minimum absolute atomic E-state index is 0.0862. The molecule has 2 amide bonds. The molecular weight excluding hydrogens is 605 g/mol. The molecule has 13 heteroatoms. The van der Waals surface area contributed by atoms with Crippen molar-refractivity contribution in [3.8, 4) is 0 Å². The first-order valence-corrected chi connectivity index (χ1v) is 15.4. The van der Waals surface area contributed by atoms with E-state index in [2.05, 4.69) is 5.32 Å². The lowest BCUT2D eigenvalue weighted by molar-refractivity contribution is -0.140. The van der Waals surface area contributed by atoms with Crippen LogP contribution in [0, 0.1) is 17.6 Å². The average Bonchev–Trinajstić information content (AvgIpc) is 3.22. The molecule has 1 saturated heterocycles. The van der Waals surface area contributed by atoms with Gasteiger partial charge in [0.15, 0.2) is 0 Å². The lowest BCUT2D eigenvalue weighted by Crippen LogP contribution is -2.55. The second-order valence-electron chi connectivity index (χ2n) is 11.5. The summed E-state index contributed by atoms with van der Waals surface area (Å²) in [5, 5.41) is 2.43. The second-order valence-corrected chi connectivity index (χ2v) is 13.3. The second kappa shape index (κ2) is 11.2. The number of hydrogen-bond donors (Lipinski definition) is 1. The summed E-state index contributed by atoms with van der Waals surface area (Å²) in [7, 11) is -4.24. The molecule has 234 valence electrons. The lowest BCUT2D eigenvalue weighted by Gasteiger charge is -2.46. The molecule has 2 aliphatic rings. The maximum atomic E-state index is 14.2. The van der Waals surface area contributed by atoms with Crippen molar-refractivity contribution in [2.75, 3.05) is 22.7 Å². The standard InChI is InChI=1S/C31H30F5N3O4S/c1-18(2)28-30(13-15-38(16-14-30)19(3)40)24-17-21(37-29(41)23-5-4-6-25(33)27(23)31(34,35)36)9-12-26(24)39(28)44(42,43)22-10-7-20(32)8-11-22/h4-12,17-18,28H,13-16H2,1-3H3,(H,37,41). The number of hydrogen-bond acceptors (Lipinski definition) is 4. The normalized spacial score (nSPS) is 18.1. The number of halogens is 5. The van der Waals surface area contributed by atoms with Crippen molar-refractivity contribution in [1.29, 1.82) is 0 Å². The fourth-order valence-corrected chi connectivity index (χ4v) is 8.50. The van der Waals surface area contributed by atoms with Crippen molar-refractivity contribution >= 4 is 33.2 Å². The van der Waals surface area contributed by atoms with Crippen molar-refractivity contribution < 1.29 is 40.0 Å². The number of nitrogens with zero attached hydrogens (tertiary/aromatic N) is 2. The smallest absolute Gasteiger partial charge is 0.343 e. The zero-order chi connectivity index (χ0) is 32.2. The van der Waals surface area contributed by atoms with Gasteiger partial charge in [-0.25, -0.2) is 17.2 Å². The van der Waals surface area contributed by atoms with E-state index < -0.39 is 56.3 Å². The molecular formula is C31H30F5N3O4S. The third kappa shape index (κ3) is 5.31. The van der Waals surface area contributed by atoms with E-state index in [1.165, 1.54) is 35.5 Å². The van der Waals surface area contributed by atoms with E-state index >= 15 is 0 Å². The predicted octanol–water partition coefficient (Wildman–Crippen LogP) is 6.35. The fourth-order valence-electron chi connectivity index (χ4n) is 6.63. The molecule has 3 aromatic carbocycles. The van der Waals surface area contributed by atoms with E-state index in [1.54, 1.807) is 11.0 Å². The van der Waals surface area contributed by atoms with Crippen LogP contribution in [0.5, 0.6) is 0 Å². The number of piperidine rings is 1. The van der Waals surface area contributed by atoms with Gasteiger partial charge >= 0.3 is 6.18 Å². The zero-order valence-corrected chi connectivity index (χ0v) is 24.9. The molecule has 0 aromatic heterocycles. The minimum atomic E-state index is -5.12. The largest absolute Gasteiger partial charge is 0.420 e. The molecule has 44 heavy (non-hydrogen) atoms. The Hall–Kier alpha value is -4.00. The van der Waals surface area contributed by atoms with E-state index in [0.717, 1.165) is 24.3 Å². The molecule has 2 aliphatic heterocycles. The molecule has 7 nitrogen and oxygen atoms in total. The summed E-state index contributed by atoms with van der Waals surface area (Å²) in [4.78, 5) is 26.8. The molecule has 0 saturated carbocycles. The predicted molar refractivity (Wildman–Crippen MR) is 154 cm³/mol. The molecule has 0 aliphatic carbocycles. The number of carbonyl (C=O) groups is 2. The number of likely N-dealkylation sites (tertiary alicyclic amines) is 1. The van der Waals surface area contributed by atoms with Crippen LogP contribution < -0.4 is 9.62 Å². The number of carbonyl (C=O) groups excluding carboxylic acids is 2. The monoisotopic (exact) mass is 635 g/mol. The summed E-state index contributed by atoms with van der Waals surface area (Å²) in [5.74, 6) is -3.76. The summed E-state index contributed by atoms with van der Waals surface area (Å²) < 4.78 is 98.4. The molecule has 0 radical (unpaired) electrons. The first-order chi connectivity index (χ1) is 20.6. The van der Waals surface area contributed by atoms with Crippen molar-refractivity contribution in [2.45, 2.75) is 56.1 Å². The Kier molecular flexibility index (Phi) is 7.98. The van der Waals surface area contributed by atoms with Crippen LogP contribution in [0.4, 0.5) is 33.3 Å². The Labute approximate surface area is 251 Å². The van der Waals surface area contributed by atoms with Gasteiger partial charge in [0.1, 0.15) is 17.2 Å². The maximum Gasteiger partial charge on any atom is 0.420 e. The first-order valence-electron chi connectivity index (χ1n) is 13.9. The van der Waals surface area contributed by atoms with Crippen LogP contribution in [0.3, 0.4) is 0 Å². The maximum absolute atomic E-state index is 14.2. The van der Waals surface area contributed by atoms with Gasteiger partial charge in [-0.2, -0.15) is 13.2 Å². The van der Waals surface area contributed by atoms with Crippen LogP contribution in [-0.4, -0.2) is 44.3 Å². The molecule has 1 atom stereocenters. The molecule has 2 heterocycles. The van der Waals surface area contributed by atoms with Crippen molar-refractivity contribution in [3.63, 3.8) is 0 Å². The van der Waals surface area contributed by atoms with Crippen molar-refractivity contribution in [1.82, 2.24) is 4.90 Å². The van der Waals surface area contributed by atoms with Crippen LogP contribution in [0.15, 0.2) is 65.6 Å². The van der Waals surface area contributed by atoms with E-state index in [0.29, 0.717) is 43.2 Å². The summed E-state index contributed by atoms with van der Waals surface area (Å²) in [6.45, 7) is 5.85. The minimum Gasteiger partial charge on any atom is -0.343 e. The Bertz CT molecular complexity index is 1720. The van der Waals surface area contributed by atoms with Crippen molar-refractivity contribution in [3.05, 3.63) is 89.0 Å². The molecule has 1 N–H and O–H groups in total. The molecule has 1 spiro atoms. The lowest BCUT2D eigenvalue weighted by atomic mass is 9.66. The highest BCUT2D eigenvalue weighted by Gasteiger charge is 2.56. The molecule has 0 bridgehead atoms. The van der Waals surface area contributed by atoms with E-state index in [1.807, 2.05) is 13.8 Å². The number of rotatable bonds is 5. The average molecular weight is 636 g/mol. The fraction of sp³-hybridized carbons (Fsp3) is 0.355.